The minimum absolute atomic E-state index is 0.522. The minimum atomic E-state index is 0.522. The first-order valence-corrected chi connectivity index (χ1v) is 6.44. The third-order valence-corrected chi connectivity index (χ3v) is 3.69. The van der Waals surface area contributed by atoms with Crippen LogP contribution in [0.15, 0.2) is 24.3 Å². The van der Waals surface area contributed by atoms with Crippen LogP contribution in [0.1, 0.15) is 36.3 Å². The first-order valence-electron chi connectivity index (χ1n) is 6.44. The van der Waals surface area contributed by atoms with Gasteiger partial charge in [-0.25, -0.2) is 5.48 Å². The lowest BCUT2D eigenvalue weighted by Crippen LogP contribution is -2.18. The quantitative estimate of drug-likeness (QED) is 0.788. The number of benzene rings is 1. The Morgan fingerprint density at radius 2 is 2.00 bits per heavy atom. The summed E-state index contributed by atoms with van der Waals surface area (Å²) in [6, 6.07) is 8.63. The van der Waals surface area contributed by atoms with Gasteiger partial charge in [-0.15, -0.1) is 0 Å². The van der Waals surface area contributed by atoms with Crippen molar-refractivity contribution in [1.82, 2.24) is 10.4 Å². The molecule has 94 valence electrons. The lowest BCUT2D eigenvalue weighted by atomic mass is 9.91. The minimum Gasteiger partial charge on any atom is -0.316 e. The standard InChI is InChI=1S/C14H22N2O/c1-16-9-2-3-13(8-10-16)14-6-4-12(5-7-14)11-15-17/h4-7,13,15,17H,2-3,8-11H2,1H3. The predicted octanol–water partition coefficient (Wildman–Crippen LogP) is 2.36. The molecule has 3 heteroatoms. The summed E-state index contributed by atoms with van der Waals surface area (Å²) in [6.07, 6.45) is 3.84. The van der Waals surface area contributed by atoms with Gasteiger partial charge in [0.25, 0.3) is 0 Å². The fourth-order valence-electron chi connectivity index (χ4n) is 2.57. The Balaban J connectivity index is 2.00. The summed E-state index contributed by atoms with van der Waals surface area (Å²) in [6.45, 7) is 2.95. The number of nitrogens with zero attached hydrogens (tertiary/aromatic N) is 1. The predicted molar refractivity (Wildman–Crippen MR) is 69.2 cm³/mol. The van der Waals surface area contributed by atoms with E-state index in [1.54, 1.807) is 0 Å². The second-order valence-corrected chi connectivity index (χ2v) is 5.01. The maximum absolute atomic E-state index is 8.65. The number of hydroxylamine groups is 1. The summed E-state index contributed by atoms with van der Waals surface area (Å²) >= 11 is 0. The molecule has 0 saturated carbocycles. The average molecular weight is 234 g/mol. The summed E-state index contributed by atoms with van der Waals surface area (Å²) in [4.78, 5) is 2.42. The Hall–Kier alpha value is -0.900. The van der Waals surface area contributed by atoms with Gasteiger partial charge in [-0.2, -0.15) is 0 Å². The summed E-state index contributed by atoms with van der Waals surface area (Å²) in [5.74, 6) is 0.705. The summed E-state index contributed by atoms with van der Waals surface area (Å²) in [5, 5.41) is 8.65. The monoisotopic (exact) mass is 234 g/mol. The molecular formula is C14H22N2O. The Kier molecular flexibility index (Phi) is 4.54. The highest BCUT2D eigenvalue weighted by atomic mass is 16.5. The summed E-state index contributed by atoms with van der Waals surface area (Å²) in [5.41, 5.74) is 4.77. The molecule has 0 aliphatic carbocycles. The lowest BCUT2D eigenvalue weighted by Gasteiger charge is -2.15. The van der Waals surface area contributed by atoms with E-state index in [-0.39, 0.29) is 0 Å². The maximum atomic E-state index is 8.65. The maximum Gasteiger partial charge on any atom is 0.0458 e. The molecule has 1 atom stereocenters. The van der Waals surface area contributed by atoms with Crippen LogP contribution in [-0.2, 0) is 6.54 Å². The van der Waals surface area contributed by atoms with Crippen LogP contribution in [0.3, 0.4) is 0 Å². The molecule has 0 amide bonds. The van der Waals surface area contributed by atoms with Crippen molar-refractivity contribution in [3.63, 3.8) is 0 Å². The molecule has 1 fully saturated rings. The summed E-state index contributed by atoms with van der Waals surface area (Å²) in [7, 11) is 2.21. The molecule has 17 heavy (non-hydrogen) atoms. The van der Waals surface area contributed by atoms with Crippen LogP contribution in [0.25, 0.3) is 0 Å². The number of hydrogen-bond acceptors (Lipinski definition) is 3. The highest BCUT2D eigenvalue weighted by molar-refractivity contribution is 5.25. The molecule has 0 radical (unpaired) electrons. The zero-order valence-corrected chi connectivity index (χ0v) is 10.5. The third-order valence-electron chi connectivity index (χ3n) is 3.69. The number of likely N-dealkylation sites (tertiary alicyclic amines) is 1. The fourth-order valence-corrected chi connectivity index (χ4v) is 2.57. The number of hydrogen-bond donors (Lipinski definition) is 2. The molecular weight excluding hydrogens is 212 g/mol. The first kappa shape index (κ1) is 12.6. The normalized spacial score (nSPS) is 22.4. The molecule has 1 saturated heterocycles. The Morgan fingerprint density at radius 1 is 1.24 bits per heavy atom. The van der Waals surface area contributed by atoms with Crippen LogP contribution in [0.5, 0.6) is 0 Å². The third kappa shape index (κ3) is 3.53. The van der Waals surface area contributed by atoms with Gasteiger partial charge in [0.05, 0.1) is 0 Å². The molecule has 0 spiro atoms. The van der Waals surface area contributed by atoms with Gasteiger partial charge in [0.1, 0.15) is 0 Å². The molecule has 1 unspecified atom stereocenters. The van der Waals surface area contributed by atoms with Gasteiger partial charge in [-0.1, -0.05) is 24.3 Å². The summed E-state index contributed by atoms with van der Waals surface area (Å²) < 4.78 is 0. The highest BCUT2D eigenvalue weighted by Gasteiger charge is 2.16. The lowest BCUT2D eigenvalue weighted by molar-refractivity contribution is 0.161. The van der Waals surface area contributed by atoms with Gasteiger partial charge >= 0.3 is 0 Å². The van der Waals surface area contributed by atoms with Crippen molar-refractivity contribution in [2.45, 2.75) is 31.7 Å². The highest BCUT2D eigenvalue weighted by Crippen LogP contribution is 2.27. The SMILES string of the molecule is CN1CCCC(c2ccc(CNO)cc2)CC1. The van der Waals surface area contributed by atoms with Crippen molar-refractivity contribution in [2.24, 2.45) is 0 Å². The zero-order chi connectivity index (χ0) is 12.1. The second kappa shape index (κ2) is 6.15. The molecule has 1 aliphatic rings. The van der Waals surface area contributed by atoms with E-state index in [0.29, 0.717) is 12.5 Å². The van der Waals surface area contributed by atoms with Crippen LogP contribution in [0.2, 0.25) is 0 Å². The largest absolute Gasteiger partial charge is 0.316 e. The van der Waals surface area contributed by atoms with E-state index >= 15 is 0 Å². The topological polar surface area (TPSA) is 35.5 Å². The molecule has 1 aliphatic heterocycles. The van der Waals surface area contributed by atoms with Gasteiger partial charge in [-0.3, -0.25) is 0 Å². The molecule has 1 aromatic carbocycles. The Labute approximate surface area is 103 Å². The van der Waals surface area contributed by atoms with Crippen LogP contribution in [0.4, 0.5) is 0 Å². The van der Waals surface area contributed by atoms with E-state index < -0.39 is 0 Å². The van der Waals surface area contributed by atoms with Crippen molar-refractivity contribution < 1.29 is 5.21 Å². The first-order chi connectivity index (χ1) is 8.29. The van der Waals surface area contributed by atoms with Gasteiger partial charge in [0, 0.05) is 6.54 Å². The van der Waals surface area contributed by atoms with Gasteiger partial charge in [-0.05, 0) is 56.4 Å². The Morgan fingerprint density at radius 3 is 2.71 bits per heavy atom. The number of nitrogens with one attached hydrogen (secondary N) is 1. The van der Waals surface area contributed by atoms with Crippen LogP contribution < -0.4 is 5.48 Å². The molecule has 3 nitrogen and oxygen atoms in total. The molecule has 1 heterocycles. The Bertz CT molecular complexity index is 337. The number of rotatable bonds is 3. The van der Waals surface area contributed by atoms with E-state index in [4.69, 9.17) is 5.21 Å². The van der Waals surface area contributed by atoms with Gasteiger partial charge in [0.2, 0.25) is 0 Å². The average Bonchev–Trinajstić information content (AvgIpc) is 2.56. The van der Waals surface area contributed by atoms with Gasteiger partial charge in [0.15, 0.2) is 0 Å². The molecule has 2 N–H and O–H groups in total. The molecule has 2 rings (SSSR count). The van der Waals surface area contributed by atoms with Crippen LogP contribution in [0, 0.1) is 0 Å². The van der Waals surface area contributed by atoms with Crippen molar-refractivity contribution in [3.8, 4) is 0 Å². The van der Waals surface area contributed by atoms with Crippen LogP contribution >= 0.6 is 0 Å². The zero-order valence-electron chi connectivity index (χ0n) is 10.5. The van der Waals surface area contributed by atoms with Gasteiger partial charge < -0.3 is 10.1 Å². The van der Waals surface area contributed by atoms with Crippen molar-refractivity contribution >= 4 is 0 Å². The molecule has 1 aromatic rings. The molecule has 0 bridgehead atoms. The van der Waals surface area contributed by atoms with Crippen molar-refractivity contribution in [1.29, 1.82) is 0 Å². The van der Waals surface area contributed by atoms with E-state index in [1.807, 2.05) is 0 Å². The smallest absolute Gasteiger partial charge is 0.0458 e. The van der Waals surface area contributed by atoms with E-state index in [0.717, 1.165) is 5.56 Å². The molecule has 0 aromatic heterocycles. The van der Waals surface area contributed by atoms with E-state index in [9.17, 15) is 0 Å². The van der Waals surface area contributed by atoms with Crippen molar-refractivity contribution in [2.75, 3.05) is 20.1 Å². The second-order valence-electron chi connectivity index (χ2n) is 5.01. The van der Waals surface area contributed by atoms with E-state index in [1.165, 1.54) is 37.9 Å². The van der Waals surface area contributed by atoms with Crippen LogP contribution in [-0.4, -0.2) is 30.2 Å². The fraction of sp³-hybridized carbons (Fsp3) is 0.571. The van der Waals surface area contributed by atoms with Crippen molar-refractivity contribution in [3.05, 3.63) is 35.4 Å². The van der Waals surface area contributed by atoms with E-state index in [2.05, 4.69) is 41.7 Å².